The van der Waals surface area contributed by atoms with Crippen LogP contribution < -0.4 is 4.74 Å². The highest BCUT2D eigenvalue weighted by Gasteiger charge is 2.09. The van der Waals surface area contributed by atoms with Crippen molar-refractivity contribution in [2.75, 3.05) is 7.11 Å². The van der Waals surface area contributed by atoms with Crippen LogP contribution in [-0.2, 0) is 6.42 Å². The summed E-state index contributed by atoms with van der Waals surface area (Å²) in [5.74, 6) is 0.822. The van der Waals surface area contributed by atoms with Gasteiger partial charge in [0.1, 0.15) is 5.75 Å². The van der Waals surface area contributed by atoms with Crippen LogP contribution in [0.5, 0.6) is 5.75 Å². The second-order valence-corrected chi connectivity index (χ2v) is 5.37. The number of rotatable bonds is 4. The highest BCUT2D eigenvalue weighted by Crippen LogP contribution is 2.22. The molecule has 2 aromatic carbocycles. The van der Waals surface area contributed by atoms with Gasteiger partial charge in [0.15, 0.2) is 0 Å². The standard InChI is InChI=1S/C15H15IO2/c1-18-14-7-2-4-11(8-14)9-15(17)12-5-3-6-13(16)10-12/h2-8,10,15,17H,9H2,1H3. The molecule has 3 heteroatoms. The molecule has 0 aromatic heterocycles. The Morgan fingerprint density at radius 1 is 1.17 bits per heavy atom. The van der Waals surface area contributed by atoms with Gasteiger partial charge in [0.2, 0.25) is 0 Å². The van der Waals surface area contributed by atoms with Crippen molar-refractivity contribution < 1.29 is 9.84 Å². The molecule has 0 saturated heterocycles. The summed E-state index contributed by atoms with van der Waals surface area (Å²) in [6.07, 6.45) is 0.115. The summed E-state index contributed by atoms with van der Waals surface area (Å²) < 4.78 is 6.31. The summed E-state index contributed by atoms with van der Waals surface area (Å²) in [4.78, 5) is 0. The summed E-state index contributed by atoms with van der Waals surface area (Å²) in [5.41, 5.74) is 2.02. The van der Waals surface area contributed by atoms with E-state index in [2.05, 4.69) is 22.6 Å². The van der Waals surface area contributed by atoms with Crippen molar-refractivity contribution in [3.63, 3.8) is 0 Å². The fraction of sp³-hybridized carbons (Fsp3) is 0.200. The van der Waals surface area contributed by atoms with Crippen molar-refractivity contribution in [3.8, 4) is 5.75 Å². The van der Waals surface area contributed by atoms with Gasteiger partial charge in [-0.05, 0) is 58.0 Å². The Morgan fingerprint density at radius 3 is 2.67 bits per heavy atom. The Morgan fingerprint density at radius 2 is 1.94 bits per heavy atom. The molecule has 18 heavy (non-hydrogen) atoms. The van der Waals surface area contributed by atoms with Crippen LogP contribution in [-0.4, -0.2) is 12.2 Å². The lowest BCUT2D eigenvalue weighted by Crippen LogP contribution is -2.02. The highest BCUT2D eigenvalue weighted by atomic mass is 127. The Hall–Kier alpha value is -1.07. The molecule has 1 atom stereocenters. The van der Waals surface area contributed by atoms with Crippen molar-refractivity contribution >= 4 is 22.6 Å². The Bertz CT molecular complexity index is 525. The lowest BCUT2D eigenvalue weighted by molar-refractivity contribution is 0.178. The average Bonchev–Trinajstić information content (AvgIpc) is 2.39. The molecule has 0 bridgehead atoms. The maximum atomic E-state index is 10.2. The van der Waals surface area contributed by atoms with E-state index in [1.807, 2.05) is 48.5 Å². The van der Waals surface area contributed by atoms with E-state index in [4.69, 9.17) is 4.74 Å². The summed E-state index contributed by atoms with van der Waals surface area (Å²) in [6, 6.07) is 15.7. The predicted molar refractivity (Wildman–Crippen MR) is 80.8 cm³/mol. The number of hydrogen-bond acceptors (Lipinski definition) is 2. The van der Waals surface area contributed by atoms with Gasteiger partial charge >= 0.3 is 0 Å². The fourth-order valence-electron chi connectivity index (χ4n) is 1.85. The highest BCUT2D eigenvalue weighted by molar-refractivity contribution is 14.1. The molecule has 0 heterocycles. The number of halogens is 1. The van der Waals surface area contributed by atoms with Gasteiger partial charge in [0.05, 0.1) is 13.2 Å². The zero-order valence-corrected chi connectivity index (χ0v) is 12.3. The van der Waals surface area contributed by atoms with Gasteiger partial charge in [-0.15, -0.1) is 0 Å². The zero-order chi connectivity index (χ0) is 13.0. The van der Waals surface area contributed by atoms with Crippen LogP contribution in [0, 0.1) is 3.57 Å². The molecule has 0 amide bonds. The number of hydrogen-bond donors (Lipinski definition) is 1. The minimum Gasteiger partial charge on any atom is -0.497 e. The second-order valence-electron chi connectivity index (χ2n) is 4.13. The second kappa shape index (κ2) is 6.20. The van der Waals surface area contributed by atoms with Crippen LogP contribution in [0.2, 0.25) is 0 Å². The molecule has 0 spiro atoms. The van der Waals surface area contributed by atoms with E-state index >= 15 is 0 Å². The first kappa shape index (κ1) is 13.4. The predicted octanol–water partition coefficient (Wildman–Crippen LogP) is 3.58. The summed E-state index contributed by atoms with van der Waals surface area (Å²) in [6.45, 7) is 0. The van der Waals surface area contributed by atoms with Crippen molar-refractivity contribution in [2.24, 2.45) is 0 Å². The molecule has 0 radical (unpaired) electrons. The number of aliphatic hydroxyl groups excluding tert-OH is 1. The first-order valence-corrected chi connectivity index (χ1v) is 6.83. The van der Waals surface area contributed by atoms with E-state index in [0.717, 1.165) is 20.4 Å². The SMILES string of the molecule is COc1cccc(CC(O)c2cccc(I)c2)c1. The molecule has 94 valence electrons. The molecule has 0 aliphatic heterocycles. The third kappa shape index (κ3) is 3.46. The Kier molecular flexibility index (Phi) is 4.60. The normalized spacial score (nSPS) is 12.2. The smallest absolute Gasteiger partial charge is 0.119 e. The van der Waals surface area contributed by atoms with Crippen molar-refractivity contribution in [3.05, 3.63) is 63.2 Å². The van der Waals surface area contributed by atoms with Crippen molar-refractivity contribution in [2.45, 2.75) is 12.5 Å². The van der Waals surface area contributed by atoms with Gasteiger partial charge in [-0.1, -0.05) is 24.3 Å². The molecular formula is C15H15IO2. The quantitative estimate of drug-likeness (QED) is 0.851. The number of ether oxygens (including phenoxy) is 1. The third-order valence-electron chi connectivity index (χ3n) is 2.80. The summed E-state index contributed by atoms with van der Waals surface area (Å²) in [7, 11) is 1.65. The van der Waals surface area contributed by atoms with Crippen LogP contribution in [0.1, 0.15) is 17.2 Å². The first-order valence-electron chi connectivity index (χ1n) is 5.75. The van der Waals surface area contributed by atoms with Gasteiger partial charge in [0, 0.05) is 9.99 Å². The molecule has 0 aliphatic rings. The lowest BCUT2D eigenvalue weighted by Gasteiger charge is -2.12. The maximum absolute atomic E-state index is 10.2. The van der Waals surface area contributed by atoms with Gasteiger partial charge < -0.3 is 9.84 Å². The molecular weight excluding hydrogens is 339 g/mol. The van der Waals surface area contributed by atoms with Crippen LogP contribution in [0.4, 0.5) is 0 Å². The van der Waals surface area contributed by atoms with E-state index in [-0.39, 0.29) is 0 Å². The van der Waals surface area contributed by atoms with Crippen molar-refractivity contribution in [1.29, 1.82) is 0 Å². The summed E-state index contributed by atoms with van der Waals surface area (Å²) >= 11 is 2.25. The van der Waals surface area contributed by atoms with E-state index in [1.165, 1.54) is 0 Å². The largest absolute Gasteiger partial charge is 0.497 e. The molecule has 0 aliphatic carbocycles. The first-order chi connectivity index (χ1) is 8.69. The van der Waals surface area contributed by atoms with E-state index < -0.39 is 6.10 Å². The zero-order valence-electron chi connectivity index (χ0n) is 10.1. The molecule has 2 rings (SSSR count). The molecule has 0 fully saturated rings. The van der Waals surface area contributed by atoms with Gasteiger partial charge in [0.25, 0.3) is 0 Å². The minimum absolute atomic E-state index is 0.480. The fourth-order valence-corrected chi connectivity index (χ4v) is 2.42. The Labute approximate surface area is 121 Å². The van der Waals surface area contributed by atoms with E-state index in [0.29, 0.717) is 6.42 Å². The van der Waals surface area contributed by atoms with E-state index in [1.54, 1.807) is 7.11 Å². The average molecular weight is 354 g/mol. The number of aliphatic hydroxyl groups is 1. The lowest BCUT2D eigenvalue weighted by atomic mass is 10.0. The van der Waals surface area contributed by atoms with E-state index in [9.17, 15) is 5.11 Å². The molecule has 1 N–H and O–H groups in total. The molecule has 2 nitrogen and oxygen atoms in total. The minimum atomic E-state index is -0.480. The van der Waals surface area contributed by atoms with Crippen LogP contribution in [0.15, 0.2) is 48.5 Å². The van der Waals surface area contributed by atoms with Crippen LogP contribution in [0.25, 0.3) is 0 Å². The van der Waals surface area contributed by atoms with Gasteiger partial charge in [-0.2, -0.15) is 0 Å². The molecule has 1 unspecified atom stereocenters. The van der Waals surface area contributed by atoms with Crippen LogP contribution in [0.3, 0.4) is 0 Å². The monoisotopic (exact) mass is 354 g/mol. The van der Waals surface area contributed by atoms with Gasteiger partial charge in [-0.3, -0.25) is 0 Å². The molecule has 0 saturated carbocycles. The van der Waals surface area contributed by atoms with Crippen molar-refractivity contribution in [1.82, 2.24) is 0 Å². The number of methoxy groups -OCH3 is 1. The van der Waals surface area contributed by atoms with Gasteiger partial charge in [-0.25, -0.2) is 0 Å². The third-order valence-corrected chi connectivity index (χ3v) is 3.47. The van der Waals surface area contributed by atoms with Crippen LogP contribution >= 0.6 is 22.6 Å². The number of benzene rings is 2. The summed E-state index contributed by atoms with van der Waals surface area (Å²) in [5, 5.41) is 10.2. The maximum Gasteiger partial charge on any atom is 0.119 e. The Balaban J connectivity index is 2.13. The topological polar surface area (TPSA) is 29.5 Å². The molecule has 2 aromatic rings.